The Hall–Kier alpha value is 0.0900. The van der Waals surface area contributed by atoms with Crippen LogP contribution in [-0.4, -0.2) is 0 Å². The van der Waals surface area contributed by atoms with Crippen LogP contribution >= 0.6 is 49.9 Å². The zero-order valence-electron chi connectivity index (χ0n) is 11.2. The van der Waals surface area contributed by atoms with Crippen molar-refractivity contribution < 1.29 is 0 Å². The molecule has 0 amide bonds. The van der Waals surface area contributed by atoms with Crippen molar-refractivity contribution in [2.24, 2.45) is 5.73 Å². The molecule has 1 atom stereocenters. The number of hydrogen-bond acceptors (Lipinski definition) is 2. The Balaban J connectivity index is 2.36. The summed E-state index contributed by atoms with van der Waals surface area (Å²) in [6.45, 7) is 6.70. The molecule has 2 rings (SSSR count). The molecule has 1 nitrogen and oxygen atoms in total. The topological polar surface area (TPSA) is 26.0 Å². The first-order valence-corrected chi connectivity index (χ1v) is 8.78. The number of halogens is 2. The Bertz CT molecular complexity index is 586. The molecule has 1 aromatic heterocycles. The van der Waals surface area contributed by atoms with Gasteiger partial charge >= 0.3 is 0 Å². The summed E-state index contributed by atoms with van der Waals surface area (Å²) in [6.07, 6.45) is 0. The van der Waals surface area contributed by atoms with Crippen molar-refractivity contribution in [3.8, 4) is 0 Å². The second kappa shape index (κ2) is 5.84. The van der Waals surface area contributed by atoms with Crippen LogP contribution in [-0.2, 0) is 5.41 Å². The minimum atomic E-state index is -0.0505. The van der Waals surface area contributed by atoms with Crippen LogP contribution in [0.4, 0.5) is 0 Å². The summed E-state index contributed by atoms with van der Waals surface area (Å²) < 4.78 is 2.28. The third-order valence-electron chi connectivity index (χ3n) is 2.97. The van der Waals surface area contributed by atoms with E-state index in [-0.39, 0.29) is 11.5 Å². The van der Waals surface area contributed by atoms with Gasteiger partial charge in [-0.3, -0.25) is 0 Å². The Morgan fingerprint density at radius 3 is 2.47 bits per heavy atom. The van der Waals surface area contributed by atoms with E-state index in [1.54, 1.807) is 0 Å². The number of benzene rings is 1. The molecular weight excluding hydrogens is 433 g/mol. The van der Waals surface area contributed by atoms with Gasteiger partial charge in [-0.25, -0.2) is 0 Å². The van der Waals surface area contributed by atoms with Gasteiger partial charge in [-0.05, 0) is 63.9 Å². The van der Waals surface area contributed by atoms with E-state index < -0.39 is 0 Å². The third kappa shape index (κ3) is 3.60. The van der Waals surface area contributed by atoms with E-state index in [1.165, 1.54) is 18.9 Å². The summed E-state index contributed by atoms with van der Waals surface area (Å²) >= 11 is 7.68. The van der Waals surface area contributed by atoms with E-state index in [2.05, 4.69) is 83.6 Å². The lowest BCUT2D eigenvalue weighted by Gasteiger charge is -2.16. The molecule has 0 spiro atoms. The Labute approximate surface area is 140 Å². The van der Waals surface area contributed by atoms with Gasteiger partial charge in [-0.2, -0.15) is 0 Å². The highest BCUT2D eigenvalue weighted by Gasteiger charge is 2.20. The smallest absolute Gasteiger partial charge is 0.0656 e. The predicted octanol–water partition coefficient (Wildman–Crippen LogP) is 5.46. The van der Waals surface area contributed by atoms with Crippen LogP contribution in [0.1, 0.15) is 42.1 Å². The lowest BCUT2D eigenvalue weighted by atomic mass is 9.95. The van der Waals surface area contributed by atoms with Gasteiger partial charge in [-0.1, -0.05) is 36.7 Å². The maximum absolute atomic E-state index is 6.43. The first-order valence-electron chi connectivity index (χ1n) is 6.10. The summed E-state index contributed by atoms with van der Waals surface area (Å²) in [5.41, 5.74) is 7.79. The standard InChI is InChI=1S/C15H17BrINS/c1-15(2,3)13-7-6-12(19-13)14(18)10-8-9(16)4-5-11(10)17/h4-8,14H,18H2,1-3H3. The summed E-state index contributed by atoms with van der Waals surface area (Å²) in [6, 6.07) is 10.6. The van der Waals surface area contributed by atoms with Crippen LogP contribution in [0.15, 0.2) is 34.8 Å². The molecule has 0 aliphatic carbocycles. The first-order chi connectivity index (χ1) is 8.79. The average Bonchev–Trinajstić information content (AvgIpc) is 2.80. The molecule has 0 aliphatic heterocycles. The zero-order valence-corrected chi connectivity index (χ0v) is 15.8. The first kappa shape index (κ1) is 15.5. The number of rotatable bonds is 2. The summed E-state index contributed by atoms with van der Waals surface area (Å²) in [7, 11) is 0. The molecule has 0 saturated carbocycles. The van der Waals surface area contributed by atoms with Gasteiger partial charge in [0.05, 0.1) is 6.04 Å². The molecule has 1 heterocycles. The quantitative estimate of drug-likeness (QED) is 0.605. The summed E-state index contributed by atoms with van der Waals surface area (Å²) in [5, 5.41) is 0. The number of nitrogens with two attached hydrogens (primary N) is 1. The highest BCUT2D eigenvalue weighted by atomic mass is 127. The fraction of sp³-hybridized carbons (Fsp3) is 0.333. The average molecular weight is 450 g/mol. The lowest BCUT2D eigenvalue weighted by molar-refractivity contribution is 0.604. The molecule has 0 bridgehead atoms. The number of hydrogen-bond donors (Lipinski definition) is 1. The molecule has 1 aromatic carbocycles. The maximum atomic E-state index is 6.43. The highest BCUT2D eigenvalue weighted by Crippen LogP contribution is 2.35. The van der Waals surface area contributed by atoms with Gasteiger partial charge in [0.15, 0.2) is 0 Å². The largest absolute Gasteiger partial charge is 0.320 e. The molecule has 1 unspecified atom stereocenters. The van der Waals surface area contributed by atoms with E-state index in [0.29, 0.717) is 0 Å². The molecule has 102 valence electrons. The Kier molecular flexibility index (Phi) is 4.75. The van der Waals surface area contributed by atoms with Crippen molar-refractivity contribution in [2.45, 2.75) is 32.2 Å². The van der Waals surface area contributed by atoms with Gasteiger partial charge in [0.2, 0.25) is 0 Å². The van der Waals surface area contributed by atoms with E-state index in [1.807, 2.05) is 17.4 Å². The van der Waals surface area contributed by atoms with Crippen molar-refractivity contribution >= 4 is 49.9 Å². The monoisotopic (exact) mass is 449 g/mol. The van der Waals surface area contributed by atoms with Crippen molar-refractivity contribution in [1.29, 1.82) is 0 Å². The minimum absolute atomic E-state index is 0.0505. The molecular formula is C15H17BrINS. The van der Waals surface area contributed by atoms with Crippen molar-refractivity contribution in [2.75, 3.05) is 0 Å². The lowest BCUT2D eigenvalue weighted by Crippen LogP contribution is -2.12. The fourth-order valence-corrected chi connectivity index (χ4v) is 3.97. The molecule has 0 fully saturated rings. The van der Waals surface area contributed by atoms with E-state index in [0.717, 1.165) is 4.47 Å². The van der Waals surface area contributed by atoms with Gasteiger partial charge in [0.1, 0.15) is 0 Å². The molecule has 2 N–H and O–H groups in total. The molecule has 19 heavy (non-hydrogen) atoms. The zero-order chi connectivity index (χ0) is 14.2. The van der Waals surface area contributed by atoms with Gasteiger partial charge < -0.3 is 5.73 Å². The van der Waals surface area contributed by atoms with Crippen LogP contribution in [0.25, 0.3) is 0 Å². The summed E-state index contributed by atoms with van der Waals surface area (Å²) in [5.74, 6) is 0. The van der Waals surface area contributed by atoms with Gasteiger partial charge in [-0.15, -0.1) is 11.3 Å². The second-order valence-corrected chi connectivity index (χ2v) is 8.79. The van der Waals surface area contributed by atoms with Crippen LogP contribution in [0.5, 0.6) is 0 Å². The van der Waals surface area contributed by atoms with E-state index in [9.17, 15) is 0 Å². The maximum Gasteiger partial charge on any atom is 0.0656 e. The SMILES string of the molecule is CC(C)(C)c1ccc(C(N)c2cc(Br)ccc2I)s1. The number of thiophene rings is 1. The normalized spacial score (nSPS) is 13.6. The van der Waals surface area contributed by atoms with Crippen LogP contribution in [0, 0.1) is 3.57 Å². The predicted molar refractivity (Wildman–Crippen MR) is 95.9 cm³/mol. The van der Waals surface area contributed by atoms with Gasteiger partial charge in [0, 0.05) is 17.8 Å². The van der Waals surface area contributed by atoms with Crippen molar-refractivity contribution in [3.63, 3.8) is 0 Å². The molecule has 0 aliphatic rings. The Morgan fingerprint density at radius 1 is 1.21 bits per heavy atom. The van der Waals surface area contributed by atoms with Gasteiger partial charge in [0.25, 0.3) is 0 Å². The van der Waals surface area contributed by atoms with Crippen LogP contribution < -0.4 is 5.73 Å². The van der Waals surface area contributed by atoms with E-state index in [4.69, 9.17) is 5.73 Å². The van der Waals surface area contributed by atoms with Crippen molar-refractivity contribution in [3.05, 3.63) is 53.7 Å². The third-order valence-corrected chi connectivity index (χ3v) is 6.04. The van der Waals surface area contributed by atoms with Crippen LogP contribution in [0.2, 0.25) is 0 Å². The second-order valence-electron chi connectivity index (χ2n) is 5.60. The molecule has 0 saturated heterocycles. The minimum Gasteiger partial charge on any atom is -0.320 e. The Morgan fingerprint density at radius 2 is 1.89 bits per heavy atom. The molecule has 2 aromatic rings. The summed E-state index contributed by atoms with van der Waals surface area (Å²) in [4.78, 5) is 2.60. The fourth-order valence-electron chi connectivity index (χ4n) is 1.83. The van der Waals surface area contributed by atoms with Crippen LogP contribution in [0.3, 0.4) is 0 Å². The van der Waals surface area contributed by atoms with E-state index >= 15 is 0 Å². The van der Waals surface area contributed by atoms with Crippen molar-refractivity contribution in [1.82, 2.24) is 0 Å². The molecule has 4 heteroatoms. The highest BCUT2D eigenvalue weighted by molar-refractivity contribution is 14.1. The molecule has 0 radical (unpaired) electrons.